The van der Waals surface area contributed by atoms with Gasteiger partial charge in [-0.2, -0.15) is 0 Å². The summed E-state index contributed by atoms with van der Waals surface area (Å²) in [5.41, 5.74) is -0.0367. The molecule has 1 aromatic heterocycles. The maximum absolute atomic E-state index is 12.3. The van der Waals surface area contributed by atoms with E-state index in [2.05, 4.69) is 15.6 Å². The predicted octanol–water partition coefficient (Wildman–Crippen LogP) is 1.33. The lowest BCUT2D eigenvalue weighted by Gasteiger charge is -2.28. The van der Waals surface area contributed by atoms with Gasteiger partial charge in [0.1, 0.15) is 12.0 Å². The molecule has 1 fully saturated rings. The molecule has 2 unspecified atom stereocenters. The molecule has 2 atom stereocenters. The van der Waals surface area contributed by atoms with Gasteiger partial charge in [0.25, 0.3) is 11.6 Å². The lowest BCUT2D eigenvalue weighted by molar-refractivity contribution is -0.385. The van der Waals surface area contributed by atoms with Crippen molar-refractivity contribution in [3.05, 3.63) is 27.9 Å². The van der Waals surface area contributed by atoms with Crippen LogP contribution in [0.3, 0.4) is 0 Å². The molecule has 1 amide bonds. The molecule has 2 rings (SSSR count). The quantitative estimate of drug-likeness (QED) is 0.641. The van der Waals surface area contributed by atoms with E-state index in [1.54, 1.807) is 7.05 Å². The Kier molecular flexibility index (Phi) is 4.69. The first-order chi connectivity index (χ1) is 10.0. The number of carbonyl (C=O) groups excluding carboxylic acids is 1. The number of nitrogens with zero attached hydrogens (tertiary/aromatic N) is 2. The fourth-order valence-electron chi connectivity index (χ4n) is 2.32. The number of hydrogen-bond donors (Lipinski definition) is 2. The van der Waals surface area contributed by atoms with Crippen molar-refractivity contribution >= 4 is 17.4 Å². The van der Waals surface area contributed by atoms with Crippen LogP contribution >= 0.6 is 0 Å². The van der Waals surface area contributed by atoms with Crippen molar-refractivity contribution in [2.45, 2.75) is 31.9 Å². The number of anilines is 1. The van der Waals surface area contributed by atoms with Gasteiger partial charge in [-0.1, -0.05) is 0 Å². The van der Waals surface area contributed by atoms with Crippen molar-refractivity contribution in [2.24, 2.45) is 0 Å². The first-order valence-electron chi connectivity index (χ1n) is 6.76. The summed E-state index contributed by atoms with van der Waals surface area (Å²) in [6.07, 6.45) is 2.67. The molecular formula is C13H18N4O4. The summed E-state index contributed by atoms with van der Waals surface area (Å²) in [6, 6.07) is 1.24. The molecular weight excluding hydrogens is 276 g/mol. The van der Waals surface area contributed by atoms with E-state index in [1.165, 1.54) is 6.07 Å². The molecule has 0 spiro atoms. The maximum atomic E-state index is 12.3. The van der Waals surface area contributed by atoms with Crippen molar-refractivity contribution in [1.29, 1.82) is 0 Å². The number of pyridine rings is 1. The van der Waals surface area contributed by atoms with E-state index in [9.17, 15) is 14.9 Å². The van der Waals surface area contributed by atoms with E-state index in [1.807, 2.05) is 6.92 Å². The van der Waals surface area contributed by atoms with Crippen LogP contribution in [-0.2, 0) is 4.74 Å². The SMILES string of the molecule is CNc1ncc([N+](=O)[O-])cc1C(=O)NC1CCOC(C)C1. The topological polar surface area (TPSA) is 106 Å². The average Bonchev–Trinajstić information content (AvgIpc) is 2.46. The summed E-state index contributed by atoms with van der Waals surface area (Å²) in [6.45, 7) is 2.55. The second-order valence-electron chi connectivity index (χ2n) is 4.97. The number of ether oxygens (including phenoxy) is 1. The monoisotopic (exact) mass is 294 g/mol. The smallest absolute Gasteiger partial charge is 0.288 e. The number of amides is 1. The Hall–Kier alpha value is -2.22. The van der Waals surface area contributed by atoms with E-state index in [4.69, 9.17) is 4.74 Å². The molecule has 21 heavy (non-hydrogen) atoms. The summed E-state index contributed by atoms with van der Waals surface area (Å²) >= 11 is 0. The van der Waals surface area contributed by atoms with Gasteiger partial charge in [0.2, 0.25) is 0 Å². The van der Waals surface area contributed by atoms with Crippen LogP contribution in [0.4, 0.5) is 11.5 Å². The number of aromatic nitrogens is 1. The highest BCUT2D eigenvalue weighted by Gasteiger charge is 2.24. The Morgan fingerprint density at radius 3 is 2.95 bits per heavy atom. The number of hydrogen-bond acceptors (Lipinski definition) is 6. The zero-order valence-electron chi connectivity index (χ0n) is 12.0. The Labute approximate surface area is 122 Å². The zero-order valence-corrected chi connectivity index (χ0v) is 12.0. The van der Waals surface area contributed by atoms with E-state index >= 15 is 0 Å². The third-order valence-corrected chi connectivity index (χ3v) is 3.39. The van der Waals surface area contributed by atoms with E-state index in [0.717, 1.165) is 19.0 Å². The molecule has 0 bridgehead atoms. The van der Waals surface area contributed by atoms with Crippen LogP contribution in [0.25, 0.3) is 0 Å². The highest BCUT2D eigenvalue weighted by Crippen LogP contribution is 2.20. The number of nitro groups is 1. The van der Waals surface area contributed by atoms with Gasteiger partial charge in [-0.05, 0) is 19.8 Å². The summed E-state index contributed by atoms with van der Waals surface area (Å²) in [5, 5.41) is 16.5. The van der Waals surface area contributed by atoms with Gasteiger partial charge in [0.15, 0.2) is 0 Å². The molecule has 0 radical (unpaired) electrons. The van der Waals surface area contributed by atoms with E-state index in [0.29, 0.717) is 12.4 Å². The summed E-state index contributed by atoms with van der Waals surface area (Å²) in [4.78, 5) is 26.5. The van der Waals surface area contributed by atoms with Crippen LogP contribution in [-0.4, -0.2) is 41.6 Å². The Bertz CT molecular complexity index is 549. The minimum Gasteiger partial charge on any atom is -0.378 e. The summed E-state index contributed by atoms with van der Waals surface area (Å²) in [7, 11) is 1.61. The molecule has 1 saturated heterocycles. The lowest BCUT2D eigenvalue weighted by atomic mass is 10.0. The van der Waals surface area contributed by atoms with Crippen LogP contribution in [0.2, 0.25) is 0 Å². The number of nitrogens with one attached hydrogen (secondary N) is 2. The summed E-state index contributed by atoms with van der Waals surface area (Å²) in [5.74, 6) is -0.0483. The second-order valence-corrected chi connectivity index (χ2v) is 4.97. The third-order valence-electron chi connectivity index (χ3n) is 3.39. The Balaban J connectivity index is 2.17. The van der Waals surface area contributed by atoms with Gasteiger partial charge >= 0.3 is 0 Å². The normalized spacial score (nSPS) is 21.6. The maximum Gasteiger partial charge on any atom is 0.288 e. The van der Waals surface area contributed by atoms with Crippen LogP contribution in [0.5, 0.6) is 0 Å². The third kappa shape index (κ3) is 3.66. The number of rotatable bonds is 4. The molecule has 1 aliphatic rings. The van der Waals surface area contributed by atoms with Crippen molar-refractivity contribution < 1.29 is 14.5 Å². The van der Waals surface area contributed by atoms with Crippen LogP contribution in [0.1, 0.15) is 30.1 Å². The fraction of sp³-hybridized carbons (Fsp3) is 0.538. The Morgan fingerprint density at radius 2 is 2.33 bits per heavy atom. The van der Waals surface area contributed by atoms with Gasteiger partial charge in [-0.15, -0.1) is 0 Å². The van der Waals surface area contributed by atoms with Gasteiger partial charge in [0, 0.05) is 25.8 Å². The molecule has 8 heteroatoms. The molecule has 2 heterocycles. The Morgan fingerprint density at radius 1 is 1.57 bits per heavy atom. The first kappa shape index (κ1) is 15.2. The molecule has 8 nitrogen and oxygen atoms in total. The van der Waals surface area contributed by atoms with Crippen LogP contribution in [0, 0.1) is 10.1 Å². The van der Waals surface area contributed by atoms with Gasteiger partial charge in [0.05, 0.1) is 16.6 Å². The largest absolute Gasteiger partial charge is 0.378 e. The molecule has 114 valence electrons. The molecule has 2 N–H and O–H groups in total. The van der Waals surface area contributed by atoms with Crippen LogP contribution in [0.15, 0.2) is 12.3 Å². The van der Waals surface area contributed by atoms with E-state index in [-0.39, 0.29) is 29.3 Å². The minimum absolute atomic E-state index is 0.00483. The minimum atomic E-state index is -0.570. The van der Waals surface area contributed by atoms with E-state index < -0.39 is 4.92 Å². The van der Waals surface area contributed by atoms with Crippen molar-refractivity contribution in [1.82, 2.24) is 10.3 Å². The lowest BCUT2D eigenvalue weighted by Crippen LogP contribution is -2.41. The first-order valence-corrected chi connectivity index (χ1v) is 6.76. The average molecular weight is 294 g/mol. The highest BCUT2D eigenvalue weighted by atomic mass is 16.6. The fourth-order valence-corrected chi connectivity index (χ4v) is 2.32. The highest BCUT2D eigenvalue weighted by molar-refractivity contribution is 5.99. The zero-order chi connectivity index (χ0) is 15.4. The molecule has 0 aromatic carbocycles. The van der Waals surface area contributed by atoms with Crippen molar-refractivity contribution in [3.8, 4) is 0 Å². The standard InChI is InChI=1S/C13H18N4O4/c1-8-5-9(3-4-21-8)16-13(18)11-6-10(17(19)20)7-15-12(11)14-2/h6-9H,3-5H2,1-2H3,(H,14,15)(H,16,18). The van der Waals surface area contributed by atoms with Crippen molar-refractivity contribution in [3.63, 3.8) is 0 Å². The van der Waals surface area contributed by atoms with Gasteiger partial charge < -0.3 is 15.4 Å². The molecule has 1 aliphatic heterocycles. The van der Waals surface area contributed by atoms with Gasteiger partial charge in [-0.25, -0.2) is 4.98 Å². The molecule has 0 aliphatic carbocycles. The summed E-state index contributed by atoms with van der Waals surface area (Å²) < 4.78 is 5.43. The molecule has 0 saturated carbocycles. The molecule has 1 aromatic rings. The van der Waals surface area contributed by atoms with Crippen LogP contribution < -0.4 is 10.6 Å². The predicted molar refractivity (Wildman–Crippen MR) is 76.3 cm³/mol. The second kappa shape index (κ2) is 6.49. The van der Waals surface area contributed by atoms with Gasteiger partial charge in [-0.3, -0.25) is 14.9 Å². The number of carbonyl (C=O) groups is 1. The van der Waals surface area contributed by atoms with Crippen molar-refractivity contribution in [2.75, 3.05) is 19.0 Å².